The Balaban J connectivity index is 3.03. The van der Waals surface area contributed by atoms with Gasteiger partial charge in [-0.15, -0.1) is 0 Å². The van der Waals surface area contributed by atoms with Crippen LogP contribution in [0.1, 0.15) is 103 Å². The average Bonchev–Trinajstić information content (AvgIpc) is 2.61. The molecule has 0 aliphatic heterocycles. The largest absolute Gasteiger partial charge is 0.394 e. The molecule has 0 radical (unpaired) electrons. The summed E-state index contributed by atoms with van der Waals surface area (Å²) in [6.45, 7) is 3.61. The van der Waals surface area contributed by atoms with Gasteiger partial charge in [0.1, 0.15) is 6.10 Å². The van der Waals surface area contributed by atoms with Crippen LogP contribution in [-0.4, -0.2) is 38.1 Å². The van der Waals surface area contributed by atoms with Crippen molar-refractivity contribution in [2.24, 2.45) is 0 Å². The molecule has 0 saturated carbocycles. The highest BCUT2D eigenvalue weighted by Crippen LogP contribution is 2.13. The third kappa shape index (κ3) is 18.2. The van der Waals surface area contributed by atoms with Crippen molar-refractivity contribution in [2.75, 3.05) is 26.9 Å². The number of hydrogen-bond acceptors (Lipinski definition) is 3. The lowest BCUT2D eigenvalue weighted by atomic mass is 10.0. The topological polar surface area (TPSA) is 38.7 Å². The molecular formula is C21H44O3. The van der Waals surface area contributed by atoms with Gasteiger partial charge in [-0.25, -0.2) is 0 Å². The van der Waals surface area contributed by atoms with Crippen LogP contribution in [0.15, 0.2) is 0 Å². The molecule has 0 aliphatic rings. The van der Waals surface area contributed by atoms with E-state index in [0.717, 1.165) is 13.0 Å². The van der Waals surface area contributed by atoms with Crippen molar-refractivity contribution in [1.82, 2.24) is 0 Å². The van der Waals surface area contributed by atoms with Gasteiger partial charge in [-0.1, -0.05) is 96.8 Å². The molecule has 0 heterocycles. The van der Waals surface area contributed by atoms with Gasteiger partial charge in [0.25, 0.3) is 0 Å². The van der Waals surface area contributed by atoms with E-state index in [9.17, 15) is 0 Å². The molecular weight excluding hydrogens is 300 g/mol. The molecule has 0 aromatic carbocycles. The molecule has 0 aliphatic carbocycles. The minimum absolute atomic E-state index is 0.0371. The average molecular weight is 345 g/mol. The van der Waals surface area contributed by atoms with Crippen LogP contribution in [0.3, 0.4) is 0 Å². The summed E-state index contributed by atoms with van der Waals surface area (Å²) < 4.78 is 10.6. The van der Waals surface area contributed by atoms with E-state index >= 15 is 0 Å². The Morgan fingerprint density at radius 2 is 1.08 bits per heavy atom. The molecule has 0 aromatic heterocycles. The summed E-state index contributed by atoms with van der Waals surface area (Å²) in [5.41, 5.74) is 0. The fourth-order valence-electron chi connectivity index (χ4n) is 2.99. The van der Waals surface area contributed by atoms with Crippen LogP contribution >= 0.6 is 0 Å². The van der Waals surface area contributed by atoms with Crippen molar-refractivity contribution in [2.45, 2.75) is 109 Å². The van der Waals surface area contributed by atoms with E-state index in [1.165, 1.54) is 89.9 Å². The maximum atomic E-state index is 8.96. The van der Waals surface area contributed by atoms with E-state index in [1.54, 1.807) is 7.11 Å². The van der Waals surface area contributed by atoms with Gasteiger partial charge < -0.3 is 14.6 Å². The van der Waals surface area contributed by atoms with Crippen LogP contribution in [0, 0.1) is 0 Å². The van der Waals surface area contributed by atoms with Gasteiger partial charge in [0, 0.05) is 13.7 Å². The van der Waals surface area contributed by atoms with Crippen molar-refractivity contribution < 1.29 is 14.6 Å². The van der Waals surface area contributed by atoms with E-state index < -0.39 is 0 Å². The molecule has 0 fully saturated rings. The Hall–Kier alpha value is -0.120. The Morgan fingerprint density at radius 1 is 0.667 bits per heavy atom. The number of unbranched alkanes of at least 4 members (excludes halogenated alkanes) is 14. The van der Waals surface area contributed by atoms with Gasteiger partial charge in [-0.05, 0) is 6.42 Å². The number of ether oxygens (including phenoxy) is 2. The minimum atomic E-state index is -0.165. The smallest absolute Gasteiger partial charge is 0.103 e. The predicted octanol–water partition coefficient (Wildman–Crippen LogP) is 5.88. The Morgan fingerprint density at radius 3 is 1.46 bits per heavy atom. The molecule has 0 saturated heterocycles. The normalized spacial score (nSPS) is 12.6. The van der Waals surface area contributed by atoms with Crippen LogP contribution in [0.25, 0.3) is 0 Å². The van der Waals surface area contributed by atoms with Crippen molar-refractivity contribution in [3.8, 4) is 0 Å². The second-order valence-corrected chi connectivity index (χ2v) is 7.06. The number of aliphatic hydroxyl groups is 1. The lowest BCUT2D eigenvalue weighted by Crippen LogP contribution is -2.22. The fraction of sp³-hybridized carbons (Fsp3) is 1.00. The lowest BCUT2D eigenvalue weighted by Gasteiger charge is -2.12. The molecule has 0 unspecified atom stereocenters. The van der Waals surface area contributed by atoms with Gasteiger partial charge in [0.15, 0.2) is 0 Å². The van der Waals surface area contributed by atoms with Gasteiger partial charge in [-0.3, -0.25) is 0 Å². The number of methoxy groups -OCH3 is 1. The molecule has 0 rings (SSSR count). The summed E-state index contributed by atoms with van der Waals surface area (Å²) in [6, 6.07) is 0. The van der Waals surface area contributed by atoms with Crippen LogP contribution in [0.5, 0.6) is 0 Å². The van der Waals surface area contributed by atoms with Gasteiger partial charge >= 0.3 is 0 Å². The van der Waals surface area contributed by atoms with Crippen molar-refractivity contribution in [3.05, 3.63) is 0 Å². The van der Waals surface area contributed by atoms with Gasteiger partial charge in [0.2, 0.25) is 0 Å². The number of hydrogen-bond donors (Lipinski definition) is 1. The zero-order chi connectivity index (χ0) is 17.7. The monoisotopic (exact) mass is 344 g/mol. The van der Waals surface area contributed by atoms with Crippen molar-refractivity contribution >= 4 is 0 Å². The number of aliphatic hydroxyl groups excluding tert-OH is 1. The summed E-state index contributed by atoms with van der Waals surface area (Å²) in [5, 5.41) is 8.96. The highest BCUT2D eigenvalue weighted by molar-refractivity contribution is 4.52. The van der Waals surface area contributed by atoms with E-state index in [-0.39, 0.29) is 12.7 Å². The highest BCUT2D eigenvalue weighted by atomic mass is 16.5. The van der Waals surface area contributed by atoms with Crippen molar-refractivity contribution in [3.63, 3.8) is 0 Å². The quantitative estimate of drug-likeness (QED) is 0.280. The van der Waals surface area contributed by atoms with Crippen LogP contribution < -0.4 is 0 Å². The first kappa shape index (κ1) is 23.9. The van der Waals surface area contributed by atoms with Crippen LogP contribution in [0.2, 0.25) is 0 Å². The first-order valence-corrected chi connectivity index (χ1v) is 10.6. The van der Waals surface area contributed by atoms with Gasteiger partial charge in [0.05, 0.1) is 13.2 Å². The second kappa shape index (κ2) is 20.9. The Kier molecular flexibility index (Phi) is 20.8. The fourth-order valence-corrected chi connectivity index (χ4v) is 2.99. The SMILES string of the molecule is CCCCCCCCCCCCCCCCCOC[C@@H](CO)OC. The third-order valence-corrected chi connectivity index (χ3v) is 4.73. The number of rotatable bonds is 20. The third-order valence-electron chi connectivity index (χ3n) is 4.73. The summed E-state index contributed by atoms with van der Waals surface area (Å²) in [7, 11) is 1.61. The van der Waals surface area contributed by atoms with Crippen LogP contribution in [0.4, 0.5) is 0 Å². The molecule has 0 amide bonds. The summed E-state index contributed by atoms with van der Waals surface area (Å²) in [4.78, 5) is 0. The maximum absolute atomic E-state index is 8.96. The van der Waals surface area contributed by atoms with E-state index in [1.807, 2.05) is 0 Å². The van der Waals surface area contributed by atoms with Crippen molar-refractivity contribution in [1.29, 1.82) is 0 Å². The summed E-state index contributed by atoms with van der Waals surface area (Å²) >= 11 is 0. The van der Waals surface area contributed by atoms with E-state index in [2.05, 4.69) is 6.92 Å². The Labute approximate surface area is 151 Å². The predicted molar refractivity (Wildman–Crippen MR) is 104 cm³/mol. The standard InChI is InChI=1S/C21H44O3/c1-3-4-5-6-7-8-9-10-11-12-13-14-15-16-17-18-24-20-21(19-22)23-2/h21-22H,3-20H2,1-2H3/t21-/m1/s1. The zero-order valence-corrected chi connectivity index (χ0v) is 16.6. The zero-order valence-electron chi connectivity index (χ0n) is 16.6. The summed E-state index contributed by atoms with van der Waals surface area (Å²) in [6.07, 6.45) is 20.6. The highest BCUT2D eigenvalue weighted by Gasteiger charge is 2.04. The van der Waals surface area contributed by atoms with Crippen LogP contribution in [-0.2, 0) is 9.47 Å². The first-order chi connectivity index (χ1) is 11.8. The molecule has 1 atom stereocenters. The lowest BCUT2D eigenvalue weighted by molar-refractivity contribution is -0.0205. The molecule has 24 heavy (non-hydrogen) atoms. The minimum Gasteiger partial charge on any atom is -0.394 e. The molecule has 0 bridgehead atoms. The second-order valence-electron chi connectivity index (χ2n) is 7.06. The maximum Gasteiger partial charge on any atom is 0.103 e. The molecule has 0 aromatic rings. The van der Waals surface area contributed by atoms with E-state index in [0.29, 0.717) is 6.61 Å². The molecule has 3 nitrogen and oxygen atoms in total. The molecule has 0 spiro atoms. The first-order valence-electron chi connectivity index (χ1n) is 10.6. The Bertz CT molecular complexity index is 217. The van der Waals surface area contributed by atoms with E-state index in [4.69, 9.17) is 14.6 Å². The van der Waals surface area contributed by atoms with Gasteiger partial charge in [-0.2, -0.15) is 0 Å². The summed E-state index contributed by atoms with van der Waals surface area (Å²) in [5.74, 6) is 0. The molecule has 3 heteroatoms. The molecule has 1 N–H and O–H groups in total. The molecule has 146 valence electrons.